The number of nitrogens with one attached hydrogen (secondary N) is 1. The van der Waals surface area contributed by atoms with Gasteiger partial charge in [-0.05, 0) is 42.0 Å². The van der Waals surface area contributed by atoms with Crippen LogP contribution in [0, 0.1) is 11.3 Å². The largest absolute Gasteiger partial charge is 0.422 e. The molecular weight excluding hydrogens is 358 g/mol. The van der Waals surface area contributed by atoms with Gasteiger partial charge in [0.25, 0.3) is 5.56 Å². The van der Waals surface area contributed by atoms with E-state index >= 15 is 0 Å². The molecule has 3 aromatic rings. The summed E-state index contributed by atoms with van der Waals surface area (Å²) >= 11 is 2.58. The number of carbonyl (C=O) groups excluding carboxylic acids is 1. The highest BCUT2D eigenvalue weighted by atomic mass is 32.2. The van der Waals surface area contributed by atoms with E-state index in [1.165, 1.54) is 23.1 Å². The van der Waals surface area contributed by atoms with Crippen LogP contribution in [0.4, 0.5) is 0 Å². The van der Waals surface area contributed by atoms with E-state index in [0.29, 0.717) is 27.0 Å². The van der Waals surface area contributed by atoms with Crippen molar-refractivity contribution in [3.8, 4) is 23.1 Å². The third-order valence-corrected chi connectivity index (χ3v) is 4.69. The van der Waals surface area contributed by atoms with E-state index in [-0.39, 0.29) is 5.56 Å². The van der Waals surface area contributed by atoms with Crippen LogP contribution in [0.5, 0.6) is 5.75 Å². The SMILES string of the molecule is CSc1nc(-c2ccc(OC(=O)c3cccs3)cc2)c(C#N)c(=O)[nH]1. The van der Waals surface area contributed by atoms with Gasteiger partial charge in [0, 0.05) is 5.56 Å². The predicted octanol–water partition coefficient (Wildman–Crippen LogP) is 3.31. The Balaban J connectivity index is 1.91. The fourth-order valence-electron chi connectivity index (χ4n) is 2.09. The van der Waals surface area contributed by atoms with Crippen LogP contribution < -0.4 is 10.3 Å². The first-order valence-electron chi connectivity index (χ1n) is 7.07. The molecule has 0 bridgehead atoms. The lowest BCUT2D eigenvalue weighted by atomic mass is 10.1. The molecule has 0 saturated carbocycles. The molecule has 1 N–H and O–H groups in total. The Morgan fingerprint density at radius 1 is 1.32 bits per heavy atom. The standard InChI is InChI=1S/C17H11N3O3S2/c1-24-17-19-14(12(9-18)15(21)20-17)10-4-6-11(7-5-10)23-16(22)13-3-2-8-25-13/h2-8H,1H3,(H,19,20,21). The number of hydrogen-bond donors (Lipinski definition) is 1. The van der Waals surface area contributed by atoms with E-state index in [9.17, 15) is 14.9 Å². The highest BCUT2D eigenvalue weighted by molar-refractivity contribution is 7.98. The average molecular weight is 369 g/mol. The molecule has 8 heteroatoms. The monoisotopic (exact) mass is 369 g/mol. The molecule has 3 rings (SSSR count). The summed E-state index contributed by atoms with van der Waals surface area (Å²) in [5.41, 5.74) is 0.354. The molecule has 25 heavy (non-hydrogen) atoms. The Kier molecular flexibility index (Phi) is 4.97. The number of H-pyrrole nitrogens is 1. The molecule has 0 aliphatic rings. The van der Waals surface area contributed by atoms with Gasteiger partial charge in [-0.25, -0.2) is 9.78 Å². The average Bonchev–Trinajstić information content (AvgIpc) is 3.16. The van der Waals surface area contributed by atoms with Crippen LogP contribution >= 0.6 is 23.1 Å². The summed E-state index contributed by atoms with van der Waals surface area (Å²) in [4.78, 5) is 31.3. The maximum absolute atomic E-state index is 12.0. The highest BCUT2D eigenvalue weighted by Gasteiger charge is 2.14. The highest BCUT2D eigenvalue weighted by Crippen LogP contribution is 2.24. The first-order chi connectivity index (χ1) is 12.1. The lowest BCUT2D eigenvalue weighted by Gasteiger charge is -2.07. The number of rotatable bonds is 4. The molecule has 2 heterocycles. The van der Waals surface area contributed by atoms with Gasteiger partial charge in [0.1, 0.15) is 22.3 Å². The second-order valence-electron chi connectivity index (χ2n) is 4.80. The molecular formula is C17H11N3O3S2. The summed E-state index contributed by atoms with van der Waals surface area (Å²) < 4.78 is 5.29. The molecule has 1 aromatic carbocycles. The van der Waals surface area contributed by atoms with Crippen molar-refractivity contribution in [3.05, 3.63) is 62.6 Å². The minimum Gasteiger partial charge on any atom is -0.422 e. The number of aromatic amines is 1. The number of aromatic nitrogens is 2. The fourth-order valence-corrected chi connectivity index (χ4v) is 3.07. The third-order valence-electron chi connectivity index (χ3n) is 3.26. The zero-order valence-electron chi connectivity index (χ0n) is 13.0. The van der Waals surface area contributed by atoms with Crippen LogP contribution in [0.15, 0.2) is 51.7 Å². The Hall–Kier alpha value is -2.89. The number of thiophene rings is 1. The van der Waals surface area contributed by atoms with Gasteiger partial charge in [0.2, 0.25) is 0 Å². The lowest BCUT2D eigenvalue weighted by molar-refractivity contribution is 0.0740. The molecule has 0 aliphatic heterocycles. The van der Waals surface area contributed by atoms with Crippen molar-refractivity contribution < 1.29 is 9.53 Å². The van der Waals surface area contributed by atoms with Crippen molar-refractivity contribution in [1.82, 2.24) is 9.97 Å². The van der Waals surface area contributed by atoms with Crippen molar-refractivity contribution >= 4 is 29.1 Å². The van der Waals surface area contributed by atoms with Crippen molar-refractivity contribution in [2.24, 2.45) is 0 Å². The van der Waals surface area contributed by atoms with Crippen LogP contribution in [0.25, 0.3) is 11.3 Å². The molecule has 0 spiro atoms. The maximum Gasteiger partial charge on any atom is 0.353 e. The molecule has 0 unspecified atom stereocenters. The van der Waals surface area contributed by atoms with E-state index in [2.05, 4.69) is 9.97 Å². The number of thioether (sulfide) groups is 1. The minimum atomic E-state index is -0.481. The lowest BCUT2D eigenvalue weighted by Crippen LogP contribution is -2.14. The van der Waals surface area contributed by atoms with E-state index in [4.69, 9.17) is 4.74 Å². The minimum absolute atomic E-state index is 0.0545. The summed E-state index contributed by atoms with van der Waals surface area (Å²) in [6.07, 6.45) is 1.78. The molecule has 0 fully saturated rings. The van der Waals surface area contributed by atoms with Crippen LogP contribution in [-0.2, 0) is 0 Å². The maximum atomic E-state index is 12.0. The van der Waals surface area contributed by atoms with Crippen LogP contribution in [0.3, 0.4) is 0 Å². The first-order valence-corrected chi connectivity index (χ1v) is 9.17. The summed E-state index contributed by atoms with van der Waals surface area (Å²) in [5.74, 6) is -0.0602. The van der Waals surface area contributed by atoms with Gasteiger partial charge < -0.3 is 9.72 Å². The van der Waals surface area contributed by atoms with E-state index in [1.54, 1.807) is 48.0 Å². The van der Waals surface area contributed by atoms with Gasteiger partial charge in [-0.2, -0.15) is 5.26 Å². The Morgan fingerprint density at radius 2 is 2.08 bits per heavy atom. The number of esters is 1. The second kappa shape index (κ2) is 7.34. The van der Waals surface area contributed by atoms with E-state index < -0.39 is 11.5 Å². The Morgan fingerprint density at radius 3 is 2.68 bits per heavy atom. The van der Waals surface area contributed by atoms with Crippen molar-refractivity contribution in [2.75, 3.05) is 6.26 Å². The Bertz CT molecular complexity index is 1000. The van der Waals surface area contributed by atoms with Gasteiger partial charge in [-0.15, -0.1) is 11.3 Å². The molecule has 2 aromatic heterocycles. The first kappa shape index (κ1) is 17.0. The number of benzene rings is 1. The van der Waals surface area contributed by atoms with Gasteiger partial charge >= 0.3 is 5.97 Å². The third kappa shape index (κ3) is 3.63. The van der Waals surface area contributed by atoms with Gasteiger partial charge in [-0.1, -0.05) is 17.8 Å². The van der Waals surface area contributed by atoms with Gasteiger partial charge in [0.05, 0.1) is 5.69 Å². The van der Waals surface area contributed by atoms with Crippen molar-refractivity contribution in [2.45, 2.75) is 5.16 Å². The number of nitrogens with zero attached hydrogens (tertiary/aromatic N) is 2. The van der Waals surface area contributed by atoms with E-state index in [0.717, 1.165) is 0 Å². The molecule has 124 valence electrons. The molecule has 0 amide bonds. The summed E-state index contributed by atoms with van der Waals surface area (Å²) in [7, 11) is 0. The Labute approximate surface area is 151 Å². The molecule has 0 atom stereocenters. The smallest absolute Gasteiger partial charge is 0.353 e. The fraction of sp³-hybridized carbons (Fsp3) is 0.0588. The quantitative estimate of drug-likeness (QED) is 0.328. The predicted molar refractivity (Wildman–Crippen MR) is 96.1 cm³/mol. The molecule has 0 radical (unpaired) electrons. The van der Waals surface area contributed by atoms with Gasteiger partial charge in [-0.3, -0.25) is 4.79 Å². The van der Waals surface area contributed by atoms with Crippen molar-refractivity contribution in [3.63, 3.8) is 0 Å². The zero-order chi connectivity index (χ0) is 17.8. The zero-order valence-corrected chi connectivity index (χ0v) is 14.6. The number of nitriles is 1. The van der Waals surface area contributed by atoms with Gasteiger partial charge in [0.15, 0.2) is 5.16 Å². The number of ether oxygens (including phenoxy) is 1. The number of carbonyl (C=O) groups is 1. The van der Waals surface area contributed by atoms with Crippen molar-refractivity contribution in [1.29, 1.82) is 5.26 Å². The van der Waals surface area contributed by atoms with Crippen LogP contribution in [0.2, 0.25) is 0 Å². The number of hydrogen-bond acceptors (Lipinski definition) is 7. The van der Waals surface area contributed by atoms with Crippen LogP contribution in [-0.4, -0.2) is 22.2 Å². The normalized spacial score (nSPS) is 10.2. The van der Waals surface area contributed by atoms with E-state index in [1.807, 2.05) is 6.07 Å². The molecule has 6 nitrogen and oxygen atoms in total. The topological polar surface area (TPSA) is 95.8 Å². The summed E-state index contributed by atoms with van der Waals surface area (Å²) in [6, 6.07) is 11.9. The molecule has 0 aliphatic carbocycles. The summed E-state index contributed by atoms with van der Waals surface area (Å²) in [5, 5.41) is 11.4. The second-order valence-corrected chi connectivity index (χ2v) is 6.54. The molecule has 0 saturated heterocycles. The summed E-state index contributed by atoms with van der Waals surface area (Å²) in [6.45, 7) is 0. The van der Waals surface area contributed by atoms with Crippen LogP contribution in [0.1, 0.15) is 15.2 Å².